The minimum absolute atomic E-state index is 0.639. The molecule has 1 aromatic rings. The molecule has 1 heterocycles. The van der Waals surface area contributed by atoms with Crippen LogP contribution in [0.3, 0.4) is 0 Å². The predicted octanol–water partition coefficient (Wildman–Crippen LogP) is 3.16. The van der Waals surface area contributed by atoms with Gasteiger partial charge in [0.1, 0.15) is 5.75 Å². The van der Waals surface area contributed by atoms with Crippen LogP contribution in [0.1, 0.15) is 27.2 Å². The van der Waals surface area contributed by atoms with Crippen molar-refractivity contribution in [3.63, 3.8) is 0 Å². The van der Waals surface area contributed by atoms with Crippen LogP contribution in [-0.2, 0) is 0 Å². The van der Waals surface area contributed by atoms with Crippen molar-refractivity contribution in [2.24, 2.45) is 11.8 Å². The molecule has 0 aliphatic carbocycles. The van der Waals surface area contributed by atoms with E-state index in [4.69, 9.17) is 4.74 Å². The molecule has 0 amide bonds. The summed E-state index contributed by atoms with van der Waals surface area (Å²) in [4.78, 5) is 2.48. The molecule has 20 heavy (non-hydrogen) atoms. The Hall–Kier alpha value is -1.22. The summed E-state index contributed by atoms with van der Waals surface area (Å²) >= 11 is 0. The van der Waals surface area contributed by atoms with E-state index < -0.39 is 0 Å². The second kappa shape index (κ2) is 7.53. The highest BCUT2D eigenvalue weighted by atomic mass is 16.5. The van der Waals surface area contributed by atoms with Gasteiger partial charge in [-0.15, -0.1) is 0 Å². The Morgan fingerprint density at radius 3 is 2.80 bits per heavy atom. The largest absolute Gasteiger partial charge is 0.491 e. The minimum atomic E-state index is 0.639. The summed E-state index contributed by atoms with van der Waals surface area (Å²) < 4.78 is 5.82. The van der Waals surface area contributed by atoms with Crippen molar-refractivity contribution in [3.8, 4) is 5.75 Å². The second-order valence-electron chi connectivity index (χ2n) is 6.27. The van der Waals surface area contributed by atoms with Crippen LogP contribution < -0.4 is 15.0 Å². The first kappa shape index (κ1) is 15.2. The summed E-state index contributed by atoms with van der Waals surface area (Å²) in [5.41, 5.74) is 1.25. The van der Waals surface area contributed by atoms with E-state index in [9.17, 15) is 0 Å². The summed E-state index contributed by atoms with van der Waals surface area (Å²) in [6.45, 7) is 12.0. The van der Waals surface area contributed by atoms with Crippen molar-refractivity contribution in [2.75, 3.05) is 37.7 Å². The van der Waals surface area contributed by atoms with Crippen molar-refractivity contribution in [1.29, 1.82) is 0 Å². The zero-order valence-corrected chi connectivity index (χ0v) is 13.1. The van der Waals surface area contributed by atoms with E-state index >= 15 is 0 Å². The second-order valence-corrected chi connectivity index (χ2v) is 6.27. The average Bonchev–Trinajstić information content (AvgIpc) is 2.61. The Morgan fingerprint density at radius 1 is 1.20 bits per heavy atom. The van der Waals surface area contributed by atoms with E-state index in [0.29, 0.717) is 5.92 Å². The molecule has 3 nitrogen and oxygen atoms in total. The van der Waals surface area contributed by atoms with Crippen molar-refractivity contribution in [2.45, 2.75) is 27.2 Å². The summed E-state index contributed by atoms with van der Waals surface area (Å²) in [6.07, 6.45) is 1.10. The van der Waals surface area contributed by atoms with Crippen molar-refractivity contribution >= 4 is 5.69 Å². The molecule has 1 atom stereocenters. The van der Waals surface area contributed by atoms with E-state index in [-0.39, 0.29) is 0 Å². The number of hydrogen-bond acceptors (Lipinski definition) is 3. The minimum Gasteiger partial charge on any atom is -0.491 e. The Bertz CT molecular complexity index is 406. The highest BCUT2D eigenvalue weighted by molar-refractivity contribution is 5.58. The molecule has 1 unspecified atom stereocenters. The number of rotatable bonds is 6. The highest BCUT2D eigenvalue weighted by Gasteiger charge is 2.17. The maximum absolute atomic E-state index is 5.82. The lowest BCUT2D eigenvalue weighted by Crippen LogP contribution is -2.34. The van der Waals surface area contributed by atoms with Gasteiger partial charge in [-0.2, -0.15) is 0 Å². The van der Waals surface area contributed by atoms with Gasteiger partial charge in [-0.3, -0.25) is 0 Å². The summed E-state index contributed by atoms with van der Waals surface area (Å²) in [6, 6.07) is 8.41. The lowest BCUT2D eigenvalue weighted by molar-refractivity contribution is 0.322. The van der Waals surface area contributed by atoms with Crippen LogP contribution in [0.5, 0.6) is 5.75 Å². The van der Waals surface area contributed by atoms with Gasteiger partial charge >= 0.3 is 0 Å². The average molecular weight is 276 g/mol. The maximum atomic E-state index is 5.82. The third-order valence-corrected chi connectivity index (χ3v) is 3.61. The topological polar surface area (TPSA) is 24.5 Å². The number of hydrogen-bond donors (Lipinski definition) is 1. The highest BCUT2D eigenvalue weighted by Crippen LogP contribution is 2.30. The molecule has 1 N–H and O–H groups in total. The van der Waals surface area contributed by atoms with Crippen LogP contribution in [0.15, 0.2) is 24.3 Å². The number of fused-ring (bicyclic) bond motifs is 1. The first-order valence-electron chi connectivity index (χ1n) is 7.84. The molecule has 0 fully saturated rings. The third-order valence-electron chi connectivity index (χ3n) is 3.61. The summed E-state index contributed by atoms with van der Waals surface area (Å²) in [7, 11) is 0. The number of nitrogens with one attached hydrogen (secondary N) is 1. The Kier molecular flexibility index (Phi) is 5.72. The lowest BCUT2D eigenvalue weighted by atomic mass is 10.1. The Balaban J connectivity index is 1.91. The van der Waals surface area contributed by atoms with Gasteiger partial charge in [-0.25, -0.2) is 0 Å². The Morgan fingerprint density at radius 2 is 2.00 bits per heavy atom. The van der Waals surface area contributed by atoms with Gasteiger partial charge in [0, 0.05) is 13.1 Å². The van der Waals surface area contributed by atoms with Crippen LogP contribution in [0, 0.1) is 11.8 Å². The van der Waals surface area contributed by atoms with E-state index in [2.05, 4.69) is 55.3 Å². The van der Waals surface area contributed by atoms with Crippen LogP contribution in [0.2, 0.25) is 0 Å². The molecule has 1 aliphatic rings. The molecule has 2 rings (SSSR count). The van der Waals surface area contributed by atoms with Crippen LogP contribution in [-0.4, -0.2) is 32.8 Å². The van der Waals surface area contributed by atoms with Gasteiger partial charge in [0.2, 0.25) is 0 Å². The SMILES string of the molecule is CC(C)CNCC(C)CN1CCCOc2ccccc21. The molecule has 112 valence electrons. The number of nitrogens with zero attached hydrogens (tertiary/aromatic N) is 1. The molecular weight excluding hydrogens is 248 g/mol. The van der Waals surface area contributed by atoms with Gasteiger partial charge in [-0.05, 0) is 43.5 Å². The zero-order chi connectivity index (χ0) is 14.4. The number of ether oxygens (including phenoxy) is 1. The zero-order valence-electron chi connectivity index (χ0n) is 13.1. The maximum Gasteiger partial charge on any atom is 0.142 e. The smallest absolute Gasteiger partial charge is 0.142 e. The third kappa shape index (κ3) is 4.41. The molecule has 1 aliphatic heterocycles. The quantitative estimate of drug-likeness (QED) is 0.864. The number of benzene rings is 1. The normalized spacial score (nSPS) is 16.5. The van der Waals surface area contributed by atoms with Crippen LogP contribution in [0.25, 0.3) is 0 Å². The standard InChI is InChI=1S/C17H28N2O/c1-14(2)11-18-12-15(3)13-19-9-6-10-20-17-8-5-4-7-16(17)19/h4-5,7-8,14-15,18H,6,9-13H2,1-3H3. The number of anilines is 1. The van der Waals surface area contributed by atoms with Gasteiger partial charge in [-0.1, -0.05) is 32.9 Å². The fraction of sp³-hybridized carbons (Fsp3) is 0.647. The molecule has 0 bridgehead atoms. The fourth-order valence-corrected chi connectivity index (χ4v) is 2.65. The van der Waals surface area contributed by atoms with Gasteiger partial charge in [0.05, 0.1) is 12.3 Å². The Labute approximate surface area is 123 Å². The lowest BCUT2D eigenvalue weighted by Gasteiger charge is -2.27. The van der Waals surface area contributed by atoms with Crippen molar-refractivity contribution < 1.29 is 4.74 Å². The van der Waals surface area contributed by atoms with E-state index in [1.54, 1.807) is 0 Å². The molecule has 0 radical (unpaired) electrons. The fourth-order valence-electron chi connectivity index (χ4n) is 2.65. The summed E-state index contributed by atoms with van der Waals surface area (Å²) in [5.74, 6) is 2.39. The first-order valence-corrected chi connectivity index (χ1v) is 7.84. The number of para-hydroxylation sites is 2. The monoisotopic (exact) mass is 276 g/mol. The van der Waals surface area contributed by atoms with Crippen molar-refractivity contribution in [3.05, 3.63) is 24.3 Å². The first-order chi connectivity index (χ1) is 9.66. The van der Waals surface area contributed by atoms with Gasteiger partial charge in [0.25, 0.3) is 0 Å². The predicted molar refractivity (Wildman–Crippen MR) is 85.6 cm³/mol. The molecule has 0 spiro atoms. The van der Waals surface area contributed by atoms with Gasteiger partial charge in [0.15, 0.2) is 0 Å². The summed E-state index contributed by atoms with van der Waals surface area (Å²) in [5, 5.41) is 3.56. The van der Waals surface area contributed by atoms with E-state index in [1.165, 1.54) is 5.69 Å². The van der Waals surface area contributed by atoms with Crippen LogP contribution >= 0.6 is 0 Å². The van der Waals surface area contributed by atoms with E-state index in [1.807, 2.05) is 0 Å². The molecule has 0 saturated carbocycles. The van der Waals surface area contributed by atoms with Gasteiger partial charge < -0.3 is 15.0 Å². The molecular formula is C17H28N2O. The van der Waals surface area contributed by atoms with E-state index in [0.717, 1.165) is 50.9 Å². The molecule has 3 heteroatoms. The molecule has 1 aromatic carbocycles. The van der Waals surface area contributed by atoms with Crippen LogP contribution in [0.4, 0.5) is 5.69 Å². The van der Waals surface area contributed by atoms with Crippen molar-refractivity contribution in [1.82, 2.24) is 5.32 Å². The molecule has 0 saturated heterocycles. The molecule has 0 aromatic heterocycles.